The summed E-state index contributed by atoms with van der Waals surface area (Å²) in [5.41, 5.74) is 6.45. The average Bonchev–Trinajstić information content (AvgIpc) is 2.95. The predicted molar refractivity (Wildman–Crippen MR) is 127 cm³/mol. The third kappa shape index (κ3) is 3.78. The molecule has 4 nitrogen and oxygen atoms in total. The molecule has 3 aromatic rings. The molecule has 0 aromatic heterocycles. The molecule has 2 atom stereocenters. The Morgan fingerprint density at radius 2 is 1.91 bits per heavy atom. The first kappa shape index (κ1) is 21.0. The Kier molecular flexibility index (Phi) is 5.66. The summed E-state index contributed by atoms with van der Waals surface area (Å²) in [7, 11) is 2.17. The quantitative estimate of drug-likeness (QED) is 0.601. The van der Waals surface area contributed by atoms with E-state index in [1.54, 1.807) is 0 Å². The van der Waals surface area contributed by atoms with E-state index in [1.165, 1.54) is 11.1 Å². The molecule has 1 aliphatic carbocycles. The summed E-state index contributed by atoms with van der Waals surface area (Å²) < 4.78 is 0. The van der Waals surface area contributed by atoms with Crippen LogP contribution >= 0.6 is 11.6 Å². The molecule has 0 saturated carbocycles. The fourth-order valence-electron chi connectivity index (χ4n) is 5.36. The zero-order valence-electron chi connectivity index (χ0n) is 18.1. The molecule has 5 heteroatoms. The molecule has 164 valence electrons. The maximum atomic E-state index is 13.1. The Labute approximate surface area is 193 Å². The van der Waals surface area contributed by atoms with Gasteiger partial charge in [0, 0.05) is 30.6 Å². The number of likely N-dealkylation sites (N-methyl/N-ethyl adjacent to an activating group) is 1. The average molecular weight is 447 g/mol. The third-order valence-corrected chi connectivity index (χ3v) is 7.31. The molecule has 1 heterocycles. The van der Waals surface area contributed by atoms with E-state index in [9.17, 15) is 9.90 Å². The zero-order chi connectivity index (χ0) is 22.2. The van der Waals surface area contributed by atoms with Crippen LogP contribution in [0.25, 0.3) is 0 Å². The van der Waals surface area contributed by atoms with E-state index < -0.39 is 0 Å². The molecule has 1 aliphatic heterocycles. The first-order valence-electron chi connectivity index (χ1n) is 11.2. The van der Waals surface area contributed by atoms with Gasteiger partial charge in [0.1, 0.15) is 5.75 Å². The van der Waals surface area contributed by atoms with Crippen LogP contribution in [0.3, 0.4) is 0 Å². The fourth-order valence-corrected chi connectivity index (χ4v) is 5.55. The molecular weight excluding hydrogens is 420 g/mol. The number of hydrogen-bond donors (Lipinski definition) is 2. The number of nitrogens with one attached hydrogen (secondary N) is 1. The summed E-state index contributed by atoms with van der Waals surface area (Å²) in [6.45, 7) is 1.45. The molecule has 0 fully saturated rings. The van der Waals surface area contributed by atoms with Crippen molar-refractivity contribution < 1.29 is 9.90 Å². The van der Waals surface area contributed by atoms with Crippen molar-refractivity contribution in [2.75, 3.05) is 13.6 Å². The molecule has 2 N–H and O–H groups in total. The molecule has 5 rings (SSSR count). The lowest BCUT2D eigenvalue weighted by molar-refractivity contribution is 0.0949. The summed E-state index contributed by atoms with van der Waals surface area (Å²) >= 11 is 6.25. The number of phenolic OH excluding ortho intramolecular Hbond substituents is 1. The van der Waals surface area contributed by atoms with Crippen LogP contribution in [0.2, 0.25) is 5.02 Å². The van der Waals surface area contributed by atoms with Gasteiger partial charge >= 0.3 is 0 Å². The highest BCUT2D eigenvalue weighted by molar-refractivity contribution is 6.32. The lowest BCUT2D eigenvalue weighted by atomic mass is 9.73. The first-order chi connectivity index (χ1) is 15.5. The van der Waals surface area contributed by atoms with E-state index in [4.69, 9.17) is 11.6 Å². The smallest absolute Gasteiger partial charge is 0.251 e. The van der Waals surface area contributed by atoms with E-state index in [1.807, 2.05) is 54.6 Å². The zero-order valence-corrected chi connectivity index (χ0v) is 18.9. The van der Waals surface area contributed by atoms with Gasteiger partial charge in [-0.05, 0) is 72.3 Å². The first-order valence-corrected chi connectivity index (χ1v) is 11.6. The van der Waals surface area contributed by atoms with Crippen LogP contribution in [0.1, 0.15) is 50.5 Å². The topological polar surface area (TPSA) is 52.6 Å². The predicted octanol–water partition coefficient (Wildman–Crippen LogP) is 4.91. The van der Waals surface area contributed by atoms with Gasteiger partial charge in [0.15, 0.2) is 0 Å². The Bertz CT molecular complexity index is 1160. The molecule has 0 radical (unpaired) electrons. The summed E-state index contributed by atoms with van der Waals surface area (Å²) in [6.07, 6.45) is 2.73. The number of aromatic hydroxyl groups is 1. The number of rotatable bonds is 3. The van der Waals surface area contributed by atoms with Crippen molar-refractivity contribution in [3.8, 4) is 5.75 Å². The van der Waals surface area contributed by atoms with Gasteiger partial charge in [0.05, 0.1) is 5.02 Å². The van der Waals surface area contributed by atoms with Gasteiger partial charge in [-0.15, -0.1) is 0 Å². The SMILES string of the molecule is CN1CCc2cc(Cl)c(O)cc2[C@H]2c3cccc(C(=O)NCc4ccccc4)c3CC[C@@H]21. The normalized spacial score (nSPS) is 19.9. The van der Waals surface area contributed by atoms with E-state index in [0.29, 0.717) is 17.6 Å². The monoisotopic (exact) mass is 446 g/mol. The van der Waals surface area contributed by atoms with Crippen molar-refractivity contribution in [3.05, 3.63) is 99.1 Å². The highest BCUT2D eigenvalue weighted by atomic mass is 35.5. The van der Waals surface area contributed by atoms with Gasteiger partial charge in [0.2, 0.25) is 0 Å². The van der Waals surface area contributed by atoms with E-state index >= 15 is 0 Å². The summed E-state index contributed by atoms with van der Waals surface area (Å²) in [4.78, 5) is 15.6. The summed E-state index contributed by atoms with van der Waals surface area (Å²) in [5, 5.41) is 13.9. The number of fused-ring (bicyclic) bond motifs is 5. The molecule has 1 amide bonds. The van der Waals surface area contributed by atoms with Crippen LogP contribution in [0.4, 0.5) is 0 Å². The van der Waals surface area contributed by atoms with Gasteiger partial charge < -0.3 is 15.3 Å². The van der Waals surface area contributed by atoms with Gasteiger partial charge in [-0.1, -0.05) is 54.1 Å². The van der Waals surface area contributed by atoms with Crippen molar-refractivity contribution in [2.45, 2.75) is 37.8 Å². The maximum absolute atomic E-state index is 13.1. The number of nitrogens with zero attached hydrogens (tertiary/aromatic N) is 1. The number of hydrogen-bond acceptors (Lipinski definition) is 3. The fraction of sp³-hybridized carbons (Fsp3) is 0.296. The standard InChI is InChI=1S/C27H27ClN2O2/c1-30-13-12-18-14-23(28)25(31)15-22(18)26-20-8-5-9-21(19(20)10-11-24(26)30)27(32)29-16-17-6-3-2-4-7-17/h2-9,14-15,24,26,31H,10-13,16H2,1H3,(H,29,32)/t24-,26+/m0/s1. The molecule has 3 aromatic carbocycles. The molecule has 0 bridgehead atoms. The highest BCUT2D eigenvalue weighted by Gasteiger charge is 2.38. The Morgan fingerprint density at radius 1 is 1.09 bits per heavy atom. The minimum atomic E-state index is -0.0368. The number of carbonyl (C=O) groups is 1. The maximum Gasteiger partial charge on any atom is 0.251 e. The van der Waals surface area contributed by atoms with Crippen LogP contribution in [0.5, 0.6) is 5.75 Å². The minimum absolute atomic E-state index is 0.0368. The number of amides is 1. The molecule has 2 aliphatic rings. The largest absolute Gasteiger partial charge is 0.506 e. The highest BCUT2D eigenvalue weighted by Crippen LogP contribution is 2.45. The van der Waals surface area contributed by atoms with Crippen LogP contribution in [0, 0.1) is 0 Å². The Balaban J connectivity index is 1.53. The summed E-state index contributed by atoms with van der Waals surface area (Å²) in [5.74, 6) is 0.189. The second-order valence-electron chi connectivity index (χ2n) is 8.86. The number of carbonyl (C=O) groups excluding carboxylic acids is 1. The van der Waals surface area contributed by atoms with E-state index in [-0.39, 0.29) is 17.6 Å². The lowest BCUT2D eigenvalue weighted by Crippen LogP contribution is -2.40. The molecule has 32 heavy (non-hydrogen) atoms. The van der Waals surface area contributed by atoms with Crippen molar-refractivity contribution >= 4 is 17.5 Å². The third-order valence-electron chi connectivity index (χ3n) is 7.01. The van der Waals surface area contributed by atoms with Crippen LogP contribution in [-0.2, 0) is 19.4 Å². The van der Waals surface area contributed by atoms with Crippen molar-refractivity contribution in [2.24, 2.45) is 0 Å². The van der Waals surface area contributed by atoms with Gasteiger partial charge in [-0.25, -0.2) is 0 Å². The van der Waals surface area contributed by atoms with Crippen molar-refractivity contribution in [1.29, 1.82) is 0 Å². The second kappa shape index (κ2) is 8.61. The number of phenols is 1. The number of benzene rings is 3. The number of halogens is 1. The van der Waals surface area contributed by atoms with Crippen LogP contribution in [-0.4, -0.2) is 35.5 Å². The molecular formula is C27H27ClN2O2. The molecule has 0 saturated heterocycles. The second-order valence-corrected chi connectivity index (χ2v) is 9.27. The van der Waals surface area contributed by atoms with Gasteiger partial charge in [-0.2, -0.15) is 0 Å². The Hall–Kier alpha value is -2.82. The van der Waals surface area contributed by atoms with Crippen LogP contribution < -0.4 is 5.32 Å². The minimum Gasteiger partial charge on any atom is -0.506 e. The van der Waals surface area contributed by atoms with Crippen LogP contribution in [0.15, 0.2) is 60.7 Å². The van der Waals surface area contributed by atoms with E-state index in [2.05, 4.69) is 23.3 Å². The lowest BCUT2D eigenvalue weighted by Gasteiger charge is -2.38. The van der Waals surface area contributed by atoms with Crippen molar-refractivity contribution in [3.63, 3.8) is 0 Å². The summed E-state index contributed by atoms with van der Waals surface area (Å²) in [6, 6.07) is 20.1. The van der Waals surface area contributed by atoms with Gasteiger partial charge in [-0.3, -0.25) is 4.79 Å². The molecule has 0 spiro atoms. The Morgan fingerprint density at radius 3 is 2.72 bits per heavy atom. The van der Waals surface area contributed by atoms with Gasteiger partial charge in [0.25, 0.3) is 5.91 Å². The molecule has 0 unspecified atom stereocenters. The van der Waals surface area contributed by atoms with E-state index in [0.717, 1.165) is 48.1 Å². The van der Waals surface area contributed by atoms with Crippen molar-refractivity contribution in [1.82, 2.24) is 10.2 Å².